The predicted octanol–water partition coefficient (Wildman–Crippen LogP) is 4.75. The quantitative estimate of drug-likeness (QED) is 0.208. The predicted molar refractivity (Wildman–Crippen MR) is 228 cm³/mol. The van der Waals surface area contributed by atoms with Gasteiger partial charge in [0.1, 0.15) is 34.0 Å². The van der Waals surface area contributed by atoms with Crippen LogP contribution in [0.2, 0.25) is 0 Å². The fourth-order valence-corrected chi connectivity index (χ4v) is 9.24. The lowest BCUT2D eigenvalue weighted by Gasteiger charge is -2.38. The number of benzene rings is 2. The summed E-state index contributed by atoms with van der Waals surface area (Å²) in [6.07, 6.45) is 5.07. The Bertz CT molecular complexity index is 2300. The largest absolute Gasteiger partial charge is 0.507 e. The highest BCUT2D eigenvalue weighted by molar-refractivity contribution is 6.21. The number of phenolic OH excluding ortho intramolecular Hbond substituents is 2. The van der Waals surface area contributed by atoms with Crippen LogP contribution in [0.5, 0.6) is 17.2 Å². The highest BCUT2D eigenvalue weighted by Gasteiger charge is 2.51. The second kappa shape index (κ2) is 17.5. The monoisotopic (exact) mass is 846 g/mol. The molecule has 9 atom stereocenters. The number of carbonyl (C=O) groups is 3. The smallest absolute Gasteiger partial charge is 0.312 e. The first-order valence-electron chi connectivity index (χ1n) is 21.2. The fraction of sp³-hybridized carbons (Fsp3) is 0.587. The van der Waals surface area contributed by atoms with Gasteiger partial charge >= 0.3 is 11.8 Å². The van der Waals surface area contributed by atoms with E-state index in [1.165, 1.54) is 27.2 Å². The molecule has 5 N–H and O–H groups in total. The zero-order valence-electron chi connectivity index (χ0n) is 37.1. The van der Waals surface area contributed by atoms with Crippen molar-refractivity contribution in [3.8, 4) is 17.2 Å². The van der Waals surface area contributed by atoms with E-state index in [-0.39, 0.29) is 49.7 Å². The number of anilines is 1. The number of rotatable bonds is 4. The van der Waals surface area contributed by atoms with E-state index in [1.54, 1.807) is 65.8 Å². The molecular weight excluding hydrogens is 785 g/mol. The van der Waals surface area contributed by atoms with E-state index in [9.17, 15) is 34.8 Å². The van der Waals surface area contributed by atoms with Crippen molar-refractivity contribution in [1.82, 2.24) is 4.90 Å². The number of Topliss-reactive ketones (excluding diaryl/α,β-unsaturated/α-hetero) is 1. The van der Waals surface area contributed by atoms with Gasteiger partial charge < -0.3 is 49.6 Å². The molecule has 15 heteroatoms. The van der Waals surface area contributed by atoms with Crippen LogP contribution in [0.25, 0.3) is 10.8 Å². The highest BCUT2D eigenvalue weighted by atomic mass is 16.7. The van der Waals surface area contributed by atoms with Crippen molar-refractivity contribution in [1.29, 1.82) is 0 Å². The van der Waals surface area contributed by atoms with Crippen molar-refractivity contribution in [2.45, 2.75) is 118 Å². The van der Waals surface area contributed by atoms with E-state index in [4.69, 9.17) is 23.9 Å². The molecule has 4 bridgehead atoms. The molecule has 15 nitrogen and oxygen atoms in total. The summed E-state index contributed by atoms with van der Waals surface area (Å²) < 4.78 is 24.0. The van der Waals surface area contributed by atoms with Crippen molar-refractivity contribution in [2.24, 2.45) is 39.6 Å². The number of hydrogen-bond donors (Lipinski definition) is 5. The SMILES string of the molecule is CO[C@H]1C=CO[C@@]2(C)Oc3c(C)c(O)c4c(O)c(c5c(c4c3C2=O)NC2(CCN(CC(C)C)CC2)N=5)=NC(=O)/C(C)=C\C=C/[C@H](C)[C@H](O)[C@@H](C)[C@@H](O)[C@@H](C)[C@H](OC(C)=O)[C@@H]1C. The van der Waals surface area contributed by atoms with E-state index in [1.807, 2.05) is 0 Å². The van der Waals surface area contributed by atoms with Crippen LogP contribution >= 0.6 is 0 Å². The molecule has 1 saturated heterocycles. The molecule has 0 aliphatic carbocycles. The Morgan fingerprint density at radius 1 is 0.984 bits per heavy atom. The molecule has 2 aromatic rings. The lowest BCUT2D eigenvalue weighted by atomic mass is 9.78. The Morgan fingerprint density at radius 3 is 2.28 bits per heavy atom. The molecule has 4 aliphatic heterocycles. The molecule has 332 valence electrons. The average Bonchev–Trinajstić information content (AvgIpc) is 3.71. The average molecular weight is 847 g/mol. The van der Waals surface area contributed by atoms with Crippen LogP contribution in [0.15, 0.2) is 46.1 Å². The maximum absolute atomic E-state index is 14.7. The second-order valence-corrected chi connectivity index (χ2v) is 18.0. The molecule has 0 aromatic heterocycles. The van der Waals surface area contributed by atoms with Gasteiger partial charge in [-0.1, -0.05) is 59.8 Å². The van der Waals surface area contributed by atoms with Crippen LogP contribution in [0.4, 0.5) is 5.69 Å². The Hall–Kier alpha value is -4.83. The van der Waals surface area contributed by atoms with Crippen LogP contribution in [-0.2, 0) is 23.8 Å². The summed E-state index contributed by atoms with van der Waals surface area (Å²) >= 11 is 0. The molecule has 0 saturated carbocycles. The standard InChI is InChI=1S/C46H62N4O11/c1-22(2)21-50-18-16-46(17-19-50)48-34-31-32-39(54)28(8)42-33(31)43(56)45(10,61-42)59-20-15-30(58-11)25(5)41(60-29(9)51)27(7)38(53)26(6)37(52)23(3)13-12-14-24(4)44(57)47-36(40(32)55)35(34)49-46/h12-15,20,22-23,25-27,30,37-38,41,48,52-55H,16-19,21H2,1-11H3/b13-12-,20-15?,24-14-,47-36?/t23-,25+,26+,27+,30-,37-,38+,41+,45-/m0/s1. The maximum Gasteiger partial charge on any atom is 0.312 e. The van der Waals surface area contributed by atoms with Crippen molar-refractivity contribution in [3.05, 3.63) is 58.0 Å². The molecular formula is C46H62N4O11. The molecule has 6 rings (SSSR count). The Morgan fingerprint density at radius 2 is 1.66 bits per heavy atom. The van der Waals surface area contributed by atoms with Crippen molar-refractivity contribution in [2.75, 3.05) is 32.1 Å². The number of nitrogens with one attached hydrogen (secondary N) is 1. The number of aliphatic hydroxyl groups is 2. The van der Waals surface area contributed by atoms with Gasteiger partial charge in [-0.3, -0.25) is 19.4 Å². The molecule has 1 spiro atoms. The first kappa shape index (κ1) is 45.7. The number of allylic oxidation sites excluding steroid dienone is 2. The molecule has 0 radical (unpaired) electrons. The fourth-order valence-electron chi connectivity index (χ4n) is 9.24. The minimum atomic E-state index is -1.95. The first-order valence-corrected chi connectivity index (χ1v) is 21.2. The summed E-state index contributed by atoms with van der Waals surface area (Å²) in [5.41, 5.74) is -0.111. The number of carbonyl (C=O) groups excluding carboxylic acids is 3. The third kappa shape index (κ3) is 8.54. The Balaban J connectivity index is 1.55. The Kier molecular flexibility index (Phi) is 13.1. The molecule has 0 unspecified atom stereocenters. The van der Waals surface area contributed by atoms with Crippen LogP contribution in [0, 0.1) is 36.5 Å². The summed E-state index contributed by atoms with van der Waals surface area (Å²) in [5, 5.41) is 50.5. The summed E-state index contributed by atoms with van der Waals surface area (Å²) in [7, 11) is 1.47. The summed E-state index contributed by atoms with van der Waals surface area (Å²) in [4.78, 5) is 52.9. The number of ketones is 1. The van der Waals surface area contributed by atoms with Gasteiger partial charge in [0.2, 0.25) is 0 Å². The highest BCUT2D eigenvalue weighted by Crippen LogP contribution is 2.51. The lowest BCUT2D eigenvalue weighted by Crippen LogP contribution is -2.47. The second-order valence-electron chi connectivity index (χ2n) is 18.0. The van der Waals surface area contributed by atoms with E-state index in [2.05, 4.69) is 29.1 Å². The summed E-state index contributed by atoms with van der Waals surface area (Å²) in [5.74, 6) is -6.57. The number of aromatic hydroxyl groups is 2. The van der Waals surface area contributed by atoms with Crippen LogP contribution in [-0.4, -0.2) is 106 Å². The zero-order chi connectivity index (χ0) is 44.9. The van der Waals surface area contributed by atoms with Gasteiger partial charge in [-0.15, -0.1) is 0 Å². The third-order valence-electron chi connectivity index (χ3n) is 12.9. The number of hydrogen-bond acceptors (Lipinski definition) is 14. The molecule has 4 aliphatic rings. The van der Waals surface area contributed by atoms with Crippen molar-refractivity contribution < 1.29 is 53.8 Å². The van der Waals surface area contributed by atoms with Crippen molar-refractivity contribution in [3.63, 3.8) is 0 Å². The van der Waals surface area contributed by atoms with E-state index >= 15 is 0 Å². The van der Waals surface area contributed by atoms with E-state index in [0.717, 1.165) is 19.6 Å². The Labute approximate surface area is 356 Å². The number of likely N-dealkylation sites (tertiary alicyclic amines) is 1. The van der Waals surface area contributed by atoms with Crippen LogP contribution in [0.3, 0.4) is 0 Å². The lowest BCUT2D eigenvalue weighted by molar-refractivity contribution is -0.160. The molecule has 1 fully saturated rings. The molecule has 2 aromatic carbocycles. The number of aliphatic hydroxyl groups excluding tert-OH is 2. The molecule has 1 amide bonds. The number of esters is 1. The zero-order valence-corrected chi connectivity index (χ0v) is 37.1. The van der Waals surface area contributed by atoms with Crippen LogP contribution < -0.4 is 20.8 Å². The summed E-state index contributed by atoms with van der Waals surface area (Å²) in [6.45, 7) is 19.6. The van der Waals surface area contributed by atoms with Crippen molar-refractivity contribution >= 4 is 34.1 Å². The molecule has 4 heterocycles. The number of phenols is 2. The number of piperidine rings is 1. The van der Waals surface area contributed by atoms with E-state index < -0.39 is 82.9 Å². The maximum atomic E-state index is 14.7. The normalized spacial score (nSPS) is 32.1. The minimum Gasteiger partial charge on any atom is -0.507 e. The van der Waals surface area contributed by atoms with Gasteiger partial charge in [0.05, 0.1) is 41.2 Å². The topological polar surface area (TPSA) is 209 Å². The first-order chi connectivity index (χ1) is 28.6. The van der Waals surface area contributed by atoms with Gasteiger partial charge in [0.15, 0.2) is 5.75 Å². The van der Waals surface area contributed by atoms with Gasteiger partial charge in [0.25, 0.3) is 11.7 Å². The number of fused-ring (bicyclic) bond motifs is 1. The minimum absolute atomic E-state index is 0.0538. The van der Waals surface area contributed by atoms with Gasteiger partial charge in [-0.25, -0.2) is 4.99 Å². The number of methoxy groups -OCH3 is 1. The molecule has 61 heavy (non-hydrogen) atoms. The number of amides is 1. The third-order valence-corrected chi connectivity index (χ3v) is 12.9. The van der Waals surface area contributed by atoms with Gasteiger partial charge in [-0.2, -0.15) is 0 Å². The van der Waals surface area contributed by atoms with Gasteiger partial charge in [0, 0.05) is 93.6 Å². The summed E-state index contributed by atoms with van der Waals surface area (Å²) in [6, 6.07) is 0. The van der Waals surface area contributed by atoms with Gasteiger partial charge in [-0.05, 0) is 25.8 Å². The van der Waals surface area contributed by atoms with Crippen LogP contribution in [0.1, 0.15) is 91.1 Å². The number of ether oxygens (including phenoxy) is 4. The number of nitrogens with zero attached hydrogens (tertiary/aromatic N) is 3. The van der Waals surface area contributed by atoms with E-state index in [0.29, 0.717) is 24.4 Å².